The Hall–Kier alpha value is -2.41. The molecule has 0 atom stereocenters. The molecule has 2 rings (SSSR count). The Morgan fingerprint density at radius 2 is 2.08 bits per heavy atom. The summed E-state index contributed by atoms with van der Waals surface area (Å²) in [4.78, 5) is 8.16. The molecular weight excluding hydrogens is 362 g/mol. The highest BCUT2D eigenvalue weighted by Crippen LogP contribution is 2.21. The number of hydrogen-bond donors (Lipinski definition) is 2. The average molecular weight is 383 g/mol. The van der Waals surface area contributed by atoms with Crippen molar-refractivity contribution in [3.63, 3.8) is 0 Å². The Kier molecular flexibility index (Phi) is 7.59. The van der Waals surface area contributed by atoms with Gasteiger partial charge in [-0.2, -0.15) is 8.78 Å². The third-order valence-corrected chi connectivity index (χ3v) is 3.82. The Morgan fingerprint density at radius 3 is 2.73 bits per heavy atom. The molecular formula is C18H21ClF2N4O. The number of nitrogens with zero attached hydrogens (tertiary/aromatic N) is 2. The van der Waals surface area contributed by atoms with Gasteiger partial charge in [-0.05, 0) is 31.0 Å². The molecule has 140 valence electrons. The van der Waals surface area contributed by atoms with Gasteiger partial charge in [-0.25, -0.2) is 4.98 Å². The number of alkyl halides is 2. The van der Waals surface area contributed by atoms with E-state index in [0.29, 0.717) is 29.8 Å². The Morgan fingerprint density at radius 1 is 1.27 bits per heavy atom. The Bertz CT molecular complexity index is 738. The lowest BCUT2D eigenvalue weighted by Crippen LogP contribution is -2.38. The molecule has 0 bridgehead atoms. The zero-order valence-corrected chi connectivity index (χ0v) is 15.4. The van der Waals surface area contributed by atoms with Gasteiger partial charge < -0.3 is 15.4 Å². The minimum atomic E-state index is -2.86. The molecule has 0 saturated heterocycles. The number of aryl methyl sites for hydroxylation is 1. The lowest BCUT2D eigenvalue weighted by atomic mass is 10.1. The number of nitrogens with one attached hydrogen (secondary N) is 2. The highest BCUT2D eigenvalue weighted by atomic mass is 35.5. The summed E-state index contributed by atoms with van der Waals surface area (Å²) in [7, 11) is 1.64. The van der Waals surface area contributed by atoms with Gasteiger partial charge in [-0.1, -0.05) is 35.4 Å². The van der Waals surface area contributed by atoms with Gasteiger partial charge in [0.25, 0.3) is 0 Å². The van der Waals surface area contributed by atoms with Crippen molar-refractivity contribution in [1.29, 1.82) is 0 Å². The van der Waals surface area contributed by atoms with Gasteiger partial charge in [-0.15, -0.1) is 0 Å². The molecule has 0 saturated carbocycles. The van der Waals surface area contributed by atoms with Gasteiger partial charge in [0.05, 0.1) is 0 Å². The van der Waals surface area contributed by atoms with E-state index >= 15 is 0 Å². The first-order valence-electron chi connectivity index (χ1n) is 8.07. The average Bonchev–Trinajstić information content (AvgIpc) is 2.61. The first-order valence-corrected chi connectivity index (χ1v) is 8.45. The van der Waals surface area contributed by atoms with Crippen molar-refractivity contribution >= 4 is 17.6 Å². The van der Waals surface area contributed by atoms with Crippen molar-refractivity contribution in [2.24, 2.45) is 4.99 Å². The standard InChI is InChI=1S/C18H21ClF2N4O/c1-12-3-5-15(26-17(20)21)14(9-12)11-25-18(22-2)23-8-7-13-4-6-16(19)24-10-13/h3-6,9-10,17H,7-8,11H2,1-2H3,(H2,22,23,25). The SMILES string of the molecule is CN=C(NCCc1ccc(Cl)nc1)NCc1cc(C)ccc1OC(F)F. The Balaban J connectivity index is 1.88. The van der Waals surface area contributed by atoms with Crippen molar-refractivity contribution in [3.8, 4) is 5.75 Å². The predicted molar refractivity (Wildman–Crippen MR) is 99.0 cm³/mol. The van der Waals surface area contributed by atoms with Crippen LogP contribution >= 0.6 is 11.6 Å². The van der Waals surface area contributed by atoms with Crippen LogP contribution in [0.5, 0.6) is 5.75 Å². The van der Waals surface area contributed by atoms with Gasteiger partial charge >= 0.3 is 6.61 Å². The maximum atomic E-state index is 12.5. The monoisotopic (exact) mass is 382 g/mol. The third kappa shape index (κ3) is 6.48. The second kappa shape index (κ2) is 9.91. The number of hydrogen-bond acceptors (Lipinski definition) is 3. The zero-order valence-electron chi connectivity index (χ0n) is 14.6. The lowest BCUT2D eigenvalue weighted by Gasteiger charge is -2.15. The van der Waals surface area contributed by atoms with Crippen LogP contribution in [0.15, 0.2) is 41.5 Å². The summed E-state index contributed by atoms with van der Waals surface area (Å²) in [6.45, 7) is -0.0201. The molecule has 2 aromatic rings. The topological polar surface area (TPSA) is 58.5 Å². The summed E-state index contributed by atoms with van der Waals surface area (Å²) in [5.74, 6) is 0.720. The number of benzene rings is 1. The molecule has 26 heavy (non-hydrogen) atoms. The molecule has 0 aliphatic rings. The van der Waals surface area contributed by atoms with E-state index in [1.165, 1.54) is 0 Å². The van der Waals surface area contributed by atoms with Gasteiger partial charge in [0, 0.05) is 31.9 Å². The van der Waals surface area contributed by atoms with Crippen molar-refractivity contribution in [1.82, 2.24) is 15.6 Å². The van der Waals surface area contributed by atoms with E-state index in [-0.39, 0.29) is 5.75 Å². The van der Waals surface area contributed by atoms with Crippen LogP contribution in [-0.4, -0.2) is 31.1 Å². The fourth-order valence-electron chi connectivity index (χ4n) is 2.34. The largest absolute Gasteiger partial charge is 0.434 e. The quantitative estimate of drug-likeness (QED) is 0.437. The fraction of sp³-hybridized carbons (Fsp3) is 0.333. The van der Waals surface area contributed by atoms with E-state index in [1.54, 1.807) is 37.5 Å². The zero-order chi connectivity index (χ0) is 18.9. The van der Waals surface area contributed by atoms with Crippen LogP contribution in [0, 0.1) is 6.92 Å². The summed E-state index contributed by atoms with van der Waals surface area (Å²) in [6.07, 6.45) is 2.47. The molecule has 2 N–H and O–H groups in total. The predicted octanol–water partition coefficient (Wildman–Crippen LogP) is 3.55. The van der Waals surface area contributed by atoms with Crippen LogP contribution in [0.1, 0.15) is 16.7 Å². The normalized spacial score (nSPS) is 11.5. The molecule has 0 spiro atoms. The third-order valence-electron chi connectivity index (χ3n) is 3.60. The van der Waals surface area contributed by atoms with Crippen molar-refractivity contribution in [2.45, 2.75) is 26.5 Å². The van der Waals surface area contributed by atoms with Crippen LogP contribution in [0.3, 0.4) is 0 Å². The molecule has 0 fully saturated rings. The highest BCUT2D eigenvalue weighted by Gasteiger charge is 2.10. The van der Waals surface area contributed by atoms with E-state index < -0.39 is 6.61 Å². The van der Waals surface area contributed by atoms with E-state index in [0.717, 1.165) is 17.5 Å². The van der Waals surface area contributed by atoms with Gasteiger partial charge in [0.15, 0.2) is 5.96 Å². The first-order chi connectivity index (χ1) is 12.5. The number of aliphatic imine (C=N–C) groups is 1. The van der Waals surface area contributed by atoms with Crippen LogP contribution in [-0.2, 0) is 13.0 Å². The van der Waals surface area contributed by atoms with Crippen LogP contribution in [0.25, 0.3) is 0 Å². The fourth-order valence-corrected chi connectivity index (χ4v) is 2.45. The number of guanidine groups is 1. The molecule has 0 aliphatic carbocycles. The highest BCUT2D eigenvalue weighted by molar-refractivity contribution is 6.29. The molecule has 0 radical (unpaired) electrons. The molecule has 1 aromatic carbocycles. The van der Waals surface area contributed by atoms with Crippen LogP contribution < -0.4 is 15.4 Å². The molecule has 1 aromatic heterocycles. The molecule has 0 unspecified atom stereocenters. The summed E-state index contributed by atoms with van der Waals surface area (Å²) < 4.78 is 29.6. The summed E-state index contributed by atoms with van der Waals surface area (Å²) in [5.41, 5.74) is 2.64. The number of ether oxygens (including phenoxy) is 1. The summed E-state index contributed by atoms with van der Waals surface area (Å²) in [6, 6.07) is 8.73. The summed E-state index contributed by atoms with van der Waals surface area (Å²) in [5, 5.41) is 6.72. The number of pyridine rings is 1. The molecule has 1 heterocycles. The van der Waals surface area contributed by atoms with Gasteiger partial charge in [0.2, 0.25) is 0 Å². The van der Waals surface area contributed by atoms with Crippen LogP contribution in [0.2, 0.25) is 5.15 Å². The van der Waals surface area contributed by atoms with Gasteiger partial charge in [0.1, 0.15) is 10.9 Å². The summed E-state index contributed by atoms with van der Waals surface area (Å²) >= 11 is 5.76. The lowest BCUT2D eigenvalue weighted by molar-refractivity contribution is -0.0504. The second-order valence-electron chi connectivity index (χ2n) is 5.58. The Labute approximate surface area is 156 Å². The maximum Gasteiger partial charge on any atom is 0.387 e. The van der Waals surface area contributed by atoms with E-state index in [1.807, 2.05) is 13.0 Å². The van der Waals surface area contributed by atoms with Crippen molar-refractivity contribution < 1.29 is 13.5 Å². The van der Waals surface area contributed by atoms with E-state index in [9.17, 15) is 8.78 Å². The van der Waals surface area contributed by atoms with E-state index in [4.69, 9.17) is 11.6 Å². The van der Waals surface area contributed by atoms with Crippen molar-refractivity contribution in [2.75, 3.05) is 13.6 Å². The molecule has 8 heteroatoms. The minimum absolute atomic E-state index is 0.154. The molecule has 5 nitrogen and oxygen atoms in total. The van der Waals surface area contributed by atoms with Crippen LogP contribution in [0.4, 0.5) is 8.78 Å². The number of rotatable bonds is 7. The number of aromatic nitrogens is 1. The van der Waals surface area contributed by atoms with Crippen molar-refractivity contribution in [3.05, 3.63) is 58.4 Å². The smallest absolute Gasteiger partial charge is 0.387 e. The maximum absolute atomic E-state index is 12.5. The van der Waals surface area contributed by atoms with E-state index in [2.05, 4.69) is 25.3 Å². The van der Waals surface area contributed by atoms with Gasteiger partial charge in [-0.3, -0.25) is 4.99 Å². The minimum Gasteiger partial charge on any atom is -0.434 e. The molecule has 0 amide bonds. The number of halogens is 3. The molecule has 0 aliphatic heterocycles. The first kappa shape index (κ1) is 19.9. The second-order valence-corrected chi connectivity index (χ2v) is 5.97.